The Bertz CT molecular complexity index is 528. The SMILES string of the molecule is Nc1ccc(OCCOCCOCCOCCOCCOCCOCC(=O)O)cc1. The van der Waals surface area contributed by atoms with Gasteiger partial charge in [-0.25, -0.2) is 4.79 Å². The smallest absolute Gasteiger partial charge is 0.329 e. The van der Waals surface area contributed by atoms with Crippen molar-refractivity contribution in [1.29, 1.82) is 0 Å². The Morgan fingerprint density at radius 1 is 0.633 bits per heavy atom. The van der Waals surface area contributed by atoms with Crippen LogP contribution in [0.4, 0.5) is 5.69 Å². The zero-order valence-electron chi connectivity index (χ0n) is 17.3. The summed E-state index contributed by atoms with van der Waals surface area (Å²) >= 11 is 0. The van der Waals surface area contributed by atoms with E-state index in [1.165, 1.54) is 0 Å². The third kappa shape index (κ3) is 17.0. The number of benzene rings is 1. The minimum absolute atomic E-state index is 0.248. The second-order valence-corrected chi connectivity index (χ2v) is 5.93. The molecule has 1 aromatic rings. The lowest BCUT2D eigenvalue weighted by Gasteiger charge is -2.09. The topological polar surface area (TPSA) is 128 Å². The number of carbonyl (C=O) groups is 1. The number of carboxylic acids is 1. The summed E-state index contributed by atoms with van der Waals surface area (Å²) in [5.41, 5.74) is 6.31. The fourth-order valence-electron chi connectivity index (χ4n) is 2.04. The summed E-state index contributed by atoms with van der Waals surface area (Å²) in [6.45, 7) is 5.01. The molecule has 0 spiro atoms. The van der Waals surface area contributed by atoms with E-state index in [-0.39, 0.29) is 13.2 Å². The van der Waals surface area contributed by atoms with Gasteiger partial charge in [0.05, 0.1) is 72.7 Å². The molecule has 30 heavy (non-hydrogen) atoms. The average Bonchev–Trinajstić information content (AvgIpc) is 2.73. The fourth-order valence-corrected chi connectivity index (χ4v) is 2.04. The molecule has 1 aromatic carbocycles. The first-order valence-electron chi connectivity index (χ1n) is 9.85. The Labute approximate surface area is 177 Å². The molecule has 172 valence electrons. The van der Waals surface area contributed by atoms with Crippen LogP contribution in [0.25, 0.3) is 0 Å². The van der Waals surface area contributed by atoms with Crippen molar-refractivity contribution in [1.82, 2.24) is 0 Å². The van der Waals surface area contributed by atoms with Gasteiger partial charge < -0.3 is 44.0 Å². The highest BCUT2D eigenvalue weighted by molar-refractivity contribution is 5.67. The van der Waals surface area contributed by atoms with E-state index in [1.807, 2.05) is 12.1 Å². The number of anilines is 1. The van der Waals surface area contributed by atoms with E-state index in [0.717, 1.165) is 5.75 Å². The van der Waals surface area contributed by atoms with Crippen molar-refractivity contribution in [3.05, 3.63) is 24.3 Å². The van der Waals surface area contributed by atoms with E-state index in [4.69, 9.17) is 44.0 Å². The van der Waals surface area contributed by atoms with Crippen LogP contribution in [0, 0.1) is 0 Å². The summed E-state index contributed by atoms with van der Waals surface area (Å²) < 4.78 is 37.1. The summed E-state index contributed by atoms with van der Waals surface area (Å²) in [7, 11) is 0. The van der Waals surface area contributed by atoms with E-state index >= 15 is 0 Å². The fraction of sp³-hybridized carbons (Fsp3) is 0.650. The minimum atomic E-state index is -0.992. The molecule has 0 aliphatic rings. The molecule has 0 saturated heterocycles. The molecule has 1 rings (SSSR count). The molecule has 0 aliphatic carbocycles. The molecule has 0 aromatic heterocycles. The van der Waals surface area contributed by atoms with Crippen molar-refractivity contribution >= 4 is 11.7 Å². The Kier molecular flexibility index (Phi) is 16.6. The quantitative estimate of drug-likeness (QED) is 0.213. The van der Waals surface area contributed by atoms with Gasteiger partial charge in [0.1, 0.15) is 19.0 Å². The lowest BCUT2D eigenvalue weighted by atomic mass is 10.3. The second-order valence-electron chi connectivity index (χ2n) is 5.93. The zero-order chi connectivity index (χ0) is 21.7. The largest absolute Gasteiger partial charge is 0.491 e. The highest BCUT2D eigenvalue weighted by atomic mass is 16.6. The number of hydrogen-bond donors (Lipinski definition) is 2. The van der Waals surface area contributed by atoms with Crippen molar-refractivity contribution in [2.24, 2.45) is 0 Å². The predicted molar refractivity (Wildman–Crippen MR) is 109 cm³/mol. The van der Waals surface area contributed by atoms with Crippen LogP contribution in [0.1, 0.15) is 0 Å². The molecule has 0 heterocycles. The maximum absolute atomic E-state index is 10.2. The lowest BCUT2D eigenvalue weighted by molar-refractivity contribution is -0.142. The van der Waals surface area contributed by atoms with Crippen LogP contribution < -0.4 is 10.5 Å². The number of ether oxygens (including phenoxy) is 7. The Morgan fingerprint density at radius 3 is 1.40 bits per heavy atom. The van der Waals surface area contributed by atoms with E-state index in [1.54, 1.807) is 12.1 Å². The first kappa shape index (κ1) is 26.1. The van der Waals surface area contributed by atoms with Gasteiger partial charge in [-0.05, 0) is 24.3 Å². The molecule has 0 bridgehead atoms. The first-order chi connectivity index (χ1) is 14.7. The van der Waals surface area contributed by atoms with Gasteiger partial charge in [-0.3, -0.25) is 0 Å². The summed E-state index contributed by atoms with van der Waals surface area (Å²) in [4.78, 5) is 10.2. The molecule has 0 amide bonds. The summed E-state index contributed by atoms with van der Waals surface area (Å²) in [6, 6.07) is 7.22. The molecule has 0 aliphatic heterocycles. The molecule has 10 heteroatoms. The standard InChI is InChI=1S/C20H33NO9/c21-18-1-3-19(4-2-18)30-16-15-28-12-11-26-8-7-24-5-6-25-9-10-27-13-14-29-17-20(22)23/h1-4H,5-17,21H2,(H,22,23). The molecule has 0 unspecified atom stereocenters. The highest BCUT2D eigenvalue weighted by Gasteiger charge is 1.97. The number of hydrogen-bond acceptors (Lipinski definition) is 9. The number of rotatable bonds is 21. The van der Waals surface area contributed by atoms with Gasteiger partial charge in [0, 0.05) is 5.69 Å². The van der Waals surface area contributed by atoms with Crippen LogP contribution in [0.2, 0.25) is 0 Å². The van der Waals surface area contributed by atoms with Crippen LogP contribution in [0.15, 0.2) is 24.3 Å². The molecule has 0 fully saturated rings. The highest BCUT2D eigenvalue weighted by Crippen LogP contribution is 2.12. The molecule has 0 atom stereocenters. The predicted octanol–water partition coefficient (Wildman–Crippen LogP) is 0.832. The van der Waals surface area contributed by atoms with Crippen LogP contribution >= 0.6 is 0 Å². The minimum Gasteiger partial charge on any atom is -0.491 e. The van der Waals surface area contributed by atoms with E-state index in [2.05, 4.69) is 0 Å². The molecule has 0 saturated carbocycles. The van der Waals surface area contributed by atoms with Crippen LogP contribution in [-0.4, -0.2) is 97.0 Å². The van der Waals surface area contributed by atoms with Crippen molar-refractivity contribution in [3.8, 4) is 5.75 Å². The number of nitrogen functional groups attached to an aromatic ring is 1. The Balaban J connectivity index is 1.70. The maximum atomic E-state index is 10.2. The second kappa shape index (κ2) is 19.0. The normalized spacial score (nSPS) is 10.9. The van der Waals surface area contributed by atoms with Crippen molar-refractivity contribution in [3.63, 3.8) is 0 Å². The maximum Gasteiger partial charge on any atom is 0.329 e. The Morgan fingerprint density at radius 2 is 1.00 bits per heavy atom. The van der Waals surface area contributed by atoms with Gasteiger partial charge in [0.15, 0.2) is 0 Å². The molecular weight excluding hydrogens is 398 g/mol. The van der Waals surface area contributed by atoms with E-state index < -0.39 is 5.97 Å². The van der Waals surface area contributed by atoms with Crippen LogP contribution in [-0.2, 0) is 33.2 Å². The van der Waals surface area contributed by atoms with Crippen LogP contribution in [0.3, 0.4) is 0 Å². The van der Waals surface area contributed by atoms with Gasteiger partial charge in [-0.1, -0.05) is 0 Å². The van der Waals surface area contributed by atoms with Gasteiger partial charge in [-0.2, -0.15) is 0 Å². The van der Waals surface area contributed by atoms with Crippen molar-refractivity contribution in [2.45, 2.75) is 0 Å². The summed E-state index contributed by atoms with van der Waals surface area (Å²) in [5, 5.41) is 8.38. The first-order valence-corrected chi connectivity index (χ1v) is 9.85. The zero-order valence-corrected chi connectivity index (χ0v) is 17.3. The van der Waals surface area contributed by atoms with Crippen molar-refractivity contribution < 1.29 is 43.1 Å². The Hall–Kier alpha value is -1.95. The average molecular weight is 431 g/mol. The third-order valence-corrected chi connectivity index (χ3v) is 3.46. The molecule has 10 nitrogen and oxygen atoms in total. The number of aliphatic carboxylic acids is 1. The van der Waals surface area contributed by atoms with Crippen molar-refractivity contribution in [2.75, 3.05) is 91.6 Å². The van der Waals surface area contributed by atoms with Gasteiger partial charge in [0.25, 0.3) is 0 Å². The monoisotopic (exact) mass is 431 g/mol. The summed E-state index contributed by atoms with van der Waals surface area (Å²) in [5.74, 6) is -0.228. The van der Waals surface area contributed by atoms with Gasteiger partial charge in [-0.15, -0.1) is 0 Å². The van der Waals surface area contributed by atoms with Gasteiger partial charge >= 0.3 is 5.97 Å². The molecule has 3 N–H and O–H groups in total. The van der Waals surface area contributed by atoms with E-state index in [9.17, 15) is 4.79 Å². The third-order valence-electron chi connectivity index (χ3n) is 3.46. The summed E-state index contributed by atoms with van der Waals surface area (Å²) in [6.07, 6.45) is 0. The van der Waals surface area contributed by atoms with Crippen LogP contribution in [0.5, 0.6) is 5.75 Å². The number of carboxylic acid groups (broad SMARTS) is 1. The van der Waals surface area contributed by atoms with E-state index in [0.29, 0.717) is 78.4 Å². The van der Waals surface area contributed by atoms with Gasteiger partial charge in [0.2, 0.25) is 0 Å². The number of nitrogens with two attached hydrogens (primary N) is 1. The molecular formula is C20H33NO9. The lowest BCUT2D eigenvalue weighted by Crippen LogP contribution is -2.15. The molecule has 0 radical (unpaired) electrons.